The summed E-state index contributed by atoms with van der Waals surface area (Å²) in [6.45, 7) is 4.24. The van der Waals surface area contributed by atoms with Crippen LogP contribution < -0.4 is 0 Å². The molecule has 104 valence electrons. The van der Waals surface area contributed by atoms with Gasteiger partial charge in [0, 0.05) is 18.7 Å². The van der Waals surface area contributed by atoms with Crippen molar-refractivity contribution in [3.8, 4) is 0 Å². The number of likely N-dealkylation sites (tertiary alicyclic amines) is 1. The van der Waals surface area contributed by atoms with Gasteiger partial charge in [-0.1, -0.05) is 37.3 Å². The van der Waals surface area contributed by atoms with Crippen LogP contribution in [-0.2, 0) is 0 Å². The van der Waals surface area contributed by atoms with Crippen LogP contribution in [0.5, 0.6) is 0 Å². The number of rotatable bonds is 6. The topological polar surface area (TPSA) is 40.5 Å². The van der Waals surface area contributed by atoms with Crippen molar-refractivity contribution < 1.29 is 9.90 Å². The quantitative estimate of drug-likeness (QED) is 0.799. The summed E-state index contributed by atoms with van der Waals surface area (Å²) in [5.41, 5.74) is 0.806. The van der Waals surface area contributed by atoms with Crippen molar-refractivity contribution in [2.75, 3.05) is 19.7 Å². The molecule has 3 heteroatoms. The van der Waals surface area contributed by atoms with E-state index in [1.165, 1.54) is 0 Å². The molecule has 0 radical (unpaired) electrons. The largest absolute Gasteiger partial charge is 0.396 e. The molecule has 0 amide bonds. The molecule has 1 saturated heterocycles. The number of benzene rings is 1. The second kappa shape index (κ2) is 6.83. The number of Topliss-reactive ketones (excluding diaryl/α,β-unsaturated/α-hetero) is 1. The van der Waals surface area contributed by atoms with Crippen LogP contribution in [0.4, 0.5) is 0 Å². The van der Waals surface area contributed by atoms with Crippen LogP contribution in [0.15, 0.2) is 30.3 Å². The van der Waals surface area contributed by atoms with Crippen molar-refractivity contribution in [3.05, 3.63) is 35.9 Å². The first-order chi connectivity index (χ1) is 9.26. The molecule has 1 aromatic rings. The van der Waals surface area contributed by atoms with Crippen molar-refractivity contribution in [2.24, 2.45) is 5.92 Å². The minimum Gasteiger partial charge on any atom is -0.396 e. The maximum atomic E-state index is 12.5. The summed E-state index contributed by atoms with van der Waals surface area (Å²) in [5.74, 6) is 0.773. The van der Waals surface area contributed by atoms with E-state index < -0.39 is 0 Å². The third-order valence-corrected chi connectivity index (χ3v) is 4.04. The molecular formula is C16H23NO2. The average Bonchev–Trinajstić information content (AvgIpc) is 2.89. The maximum Gasteiger partial charge on any atom is 0.179 e. The summed E-state index contributed by atoms with van der Waals surface area (Å²) < 4.78 is 0. The summed E-state index contributed by atoms with van der Waals surface area (Å²) >= 11 is 0. The summed E-state index contributed by atoms with van der Waals surface area (Å²) in [6, 6.07) is 9.55. The summed E-state index contributed by atoms with van der Waals surface area (Å²) in [5, 5.41) is 9.01. The monoisotopic (exact) mass is 261 g/mol. The number of hydrogen-bond donors (Lipinski definition) is 1. The SMILES string of the molecule is CCC(C(=O)c1ccccc1)N1CCC(CCO)C1. The zero-order valence-corrected chi connectivity index (χ0v) is 11.6. The van der Waals surface area contributed by atoms with Gasteiger partial charge in [0.1, 0.15) is 0 Å². The highest BCUT2D eigenvalue weighted by Gasteiger charge is 2.31. The van der Waals surface area contributed by atoms with Gasteiger partial charge in [0.15, 0.2) is 5.78 Å². The third kappa shape index (κ3) is 3.43. The lowest BCUT2D eigenvalue weighted by atomic mass is 10.0. The molecule has 0 saturated carbocycles. The molecular weight excluding hydrogens is 238 g/mol. The smallest absolute Gasteiger partial charge is 0.179 e. The van der Waals surface area contributed by atoms with Gasteiger partial charge < -0.3 is 5.11 Å². The van der Waals surface area contributed by atoms with E-state index in [1.807, 2.05) is 30.3 Å². The van der Waals surface area contributed by atoms with Crippen molar-refractivity contribution >= 4 is 5.78 Å². The summed E-state index contributed by atoms with van der Waals surface area (Å²) in [4.78, 5) is 14.8. The first-order valence-electron chi connectivity index (χ1n) is 7.20. The fraction of sp³-hybridized carbons (Fsp3) is 0.562. The van der Waals surface area contributed by atoms with Crippen LogP contribution in [0.25, 0.3) is 0 Å². The molecule has 1 fully saturated rings. The molecule has 1 heterocycles. The van der Waals surface area contributed by atoms with E-state index >= 15 is 0 Å². The molecule has 0 aromatic heterocycles. The minimum absolute atomic E-state index is 0.00825. The number of aliphatic hydroxyl groups is 1. The molecule has 0 spiro atoms. The van der Waals surface area contributed by atoms with E-state index in [-0.39, 0.29) is 18.4 Å². The second-order valence-electron chi connectivity index (χ2n) is 5.32. The number of carbonyl (C=O) groups excluding carboxylic acids is 1. The van der Waals surface area contributed by atoms with Gasteiger partial charge in [0.05, 0.1) is 6.04 Å². The molecule has 2 unspecified atom stereocenters. The minimum atomic E-state index is -0.00825. The lowest BCUT2D eigenvalue weighted by molar-refractivity contribution is 0.0838. The van der Waals surface area contributed by atoms with Crippen LogP contribution in [0.1, 0.15) is 36.5 Å². The van der Waals surface area contributed by atoms with Gasteiger partial charge in [-0.2, -0.15) is 0 Å². The molecule has 2 rings (SSSR count). The molecule has 1 aliphatic heterocycles. The number of aliphatic hydroxyl groups excluding tert-OH is 1. The third-order valence-electron chi connectivity index (χ3n) is 4.04. The van der Waals surface area contributed by atoms with Crippen LogP contribution in [-0.4, -0.2) is 41.5 Å². The Morgan fingerprint density at radius 3 is 2.79 bits per heavy atom. The maximum absolute atomic E-state index is 12.5. The molecule has 1 N–H and O–H groups in total. The normalized spacial score (nSPS) is 21.5. The second-order valence-corrected chi connectivity index (χ2v) is 5.32. The predicted molar refractivity (Wildman–Crippen MR) is 76.2 cm³/mol. The van der Waals surface area contributed by atoms with Crippen LogP contribution in [0.3, 0.4) is 0 Å². The van der Waals surface area contributed by atoms with Crippen molar-refractivity contribution in [3.63, 3.8) is 0 Å². The highest BCUT2D eigenvalue weighted by molar-refractivity contribution is 6.00. The van der Waals surface area contributed by atoms with Crippen LogP contribution >= 0.6 is 0 Å². The first kappa shape index (κ1) is 14.2. The van der Waals surface area contributed by atoms with E-state index in [0.717, 1.165) is 37.9 Å². The lowest BCUT2D eigenvalue weighted by Gasteiger charge is -2.25. The van der Waals surface area contributed by atoms with E-state index in [1.54, 1.807) is 0 Å². The van der Waals surface area contributed by atoms with Gasteiger partial charge in [-0.05, 0) is 31.7 Å². The van der Waals surface area contributed by atoms with Gasteiger partial charge in [-0.25, -0.2) is 0 Å². The van der Waals surface area contributed by atoms with Gasteiger partial charge in [0.25, 0.3) is 0 Å². The summed E-state index contributed by atoms with van der Waals surface area (Å²) in [7, 11) is 0. The van der Waals surface area contributed by atoms with Crippen molar-refractivity contribution in [1.29, 1.82) is 0 Å². The number of carbonyl (C=O) groups is 1. The number of nitrogens with zero attached hydrogens (tertiary/aromatic N) is 1. The van der Waals surface area contributed by atoms with Gasteiger partial charge >= 0.3 is 0 Å². The molecule has 3 nitrogen and oxygen atoms in total. The van der Waals surface area contributed by atoms with Crippen LogP contribution in [0.2, 0.25) is 0 Å². The summed E-state index contributed by atoms with van der Waals surface area (Å²) in [6.07, 6.45) is 2.80. The molecule has 2 atom stereocenters. The highest BCUT2D eigenvalue weighted by Crippen LogP contribution is 2.24. The van der Waals surface area contributed by atoms with E-state index in [0.29, 0.717) is 5.92 Å². The highest BCUT2D eigenvalue weighted by atomic mass is 16.3. The Labute approximate surface area is 115 Å². The van der Waals surface area contributed by atoms with Gasteiger partial charge in [-0.3, -0.25) is 9.69 Å². The Morgan fingerprint density at radius 2 is 2.16 bits per heavy atom. The number of ketones is 1. The van der Waals surface area contributed by atoms with Crippen molar-refractivity contribution in [2.45, 2.75) is 32.2 Å². The Hall–Kier alpha value is -1.19. The number of hydrogen-bond acceptors (Lipinski definition) is 3. The van der Waals surface area contributed by atoms with Gasteiger partial charge in [0.2, 0.25) is 0 Å². The Morgan fingerprint density at radius 1 is 1.42 bits per heavy atom. The molecule has 1 aromatic carbocycles. The fourth-order valence-electron chi connectivity index (χ4n) is 2.97. The zero-order valence-electron chi connectivity index (χ0n) is 11.6. The average molecular weight is 261 g/mol. The molecule has 0 aliphatic carbocycles. The van der Waals surface area contributed by atoms with E-state index in [9.17, 15) is 4.79 Å². The van der Waals surface area contributed by atoms with Gasteiger partial charge in [-0.15, -0.1) is 0 Å². The Bertz CT molecular complexity index is 404. The molecule has 19 heavy (non-hydrogen) atoms. The lowest BCUT2D eigenvalue weighted by Crippen LogP contribution is -2.39. The Kier molecular flexibility index (Phi) is 5.11. The standard InChI is InChI=1S/C16H23NO2/c1-2-15(16(19)14-6-4-3-5-7-14)17-10-8-13(12-17)9-11-18/h3-7,13,15,18H,2,8-12H2,1H3. The van der Waals surface area contributed by atoms with Crippen molar-refractivity contribution in [1.82, 2.24) is 4.90 Å². The molecule has 0 bridgehead atoms. The zero-order chi connectivity index (χ0) is 13.7. The van der Waals surface area contributed by atoms with E-state index in [2.05, 4.69) is 11.8 Å². The Balaban J connectivity index is 2.03. The predicted octanol–water partition coefficient (Wildman–Crippen LogP) is 2.35. The van der Waals surface area contributed by atoms with E-state index in [4.69, 9.17) is 5.11 Å². The molecule has 1 aliphatic rings. The first-order valence-corrected chi connectivity index (χ1v) is 7.20. The fourth-order valence-corrected chi connectivity index (χ4v) is 2.97. The van der Waals surface area contributed by atoms with Crippen LogP contribution in [0, 0.1) is 5.92 Å².